The molecule has 1 aromatic rings. The van der Waals surface area contributed by atoms with E-state index in [1.54, 1.807) is 14.2 Å². The molecule has 1 unspecified atom stereocenters. The molecule has 0 amide bonds. The summed E-state index contributed by atoms with van der Waals surface area (Å²) in [5, 5.41) is 11.5. The quantitative estimate of drug-likeness (QED) is 0.751. The van der Waals surface area contributed by atoms with Crippen molar-refractivity contribution >= 4 is 0 Å². The van der Waals surface area contributed by atoms with Gasteiger partial charge in [0.05, 0.1) is 19.8 Å². The van der Waals surface area contributed by atoms with E-state index in [0.29, 0.717) is 11.3 Å². The van der Waals surface area contributed by atoms with Crippen LogP contribution in [-0.2, 0) is 6.42 Å². The minimum Gasteiger partial charge on any atom is -0.493 e. The molecule has 0 bridgehead atoms. The fourth-order valence-corrected chi connectivity index (χ4v) is 6.65. The summed E-state index contributed by atoms with van der Waals surface area (Å²) in [5.41, 5.74) is 2.16. The van der Waals surface area contributed by atoms with Crippen molar-refractivity contribution in [2.45, 2.75) is 78.7 Å². The van der Waals surface area contributed by atoms with Crippen molar-refractivity contribution in [1.82, 2.24) is 0 Å². The third kappa shape index (κ3) is 3.48. The summed E-state index contributed by atoms with van der Waals surface area (Å²) in [4.78, 5) is 0. The Morgan fingerprint density at radius 1 is 1.04 bits per heavy atom. The van der Waals surface area contributed by atoms with E-state index in [1.165, 1.54) is 24.8 Å². The summed E-state index contributed by atoms with van der Waals surface area (Å²) in [5.74, 6) is 2.47. The van der Waals surface area contributed by atoms with E-state index in [1.807, 2.05) is 6.07 Å². The second kappa shape index (κ2) is 6.99. The molecule has 3 heteroatoms. The summed E-state index contributed by atoms with van der Waals surface area (Å²) in [7, 11) is 3.41. The van der Waals surface area contributed by atoms with Gasteiger partial charge in [0.1, 0.15) is 0 Å². The molecule has 4 atom stereocenters. The number of aryl methyl sites for hydroxylation is 1. The highest BCUT2D eigenvalue weighted by Gasteiger charge is 2.57. The van der Waals surface area contributed by atoms with Gasteiger partial charge in [-0.3, -0.25) is 0 Å². The topological polar surface area (TPSA) is 38.7 Å². The fourth-order valence-electron chi connectivity index (χ4n) is 6.65. The van der Waals surface area contributed by atoms with E-state index in [2.05, 4.69) is 40.7 Å². The SMILES string of the molecule is COc1cc(C)cc(C[C@@H]2[C@@]3(C)CCCC(C)(C)C3CC[C@@]2(C)O)c1OC. The highest BCUT2D eigenvalue weighted by molar-refractivity contribution is 5.49. The maximum atomic E-state index is 11.5. The summed E-state index contributed by atoms with van der Waals surface area (Å²) >= 11 is 0. The van der Waals surface area contributed by atoms with Gasteiger partial charge in [-0.2, -0.15) is 0 Å². The zero-order valence-corrected chi connectivity index (χ0v) is 18.3. The number of aliphatic hydroxyl groups is 1. The van der Waals surface area contributed by atoms with E-state index >= 15 is 0 Å². The van der Waals surface area contributed by atoms with Crippen LogP contribution < -0.4 is 9.47 Å². The zero-order chi connectivity index (χ0) is 20.0. The van der Waals surface area contributed by atoms with Gasteiger partial charge in [-0.25, -0.2) is 0 Å². The number of rotatable bonds is 4. The Hall–Kier alpha value is -1.22. The maximum absolute atomic E-state index is 11.5. The van der Waals surface area contributed by atoms with Crippen molar-refractivity contribution in [3.63, 3.8) is 0 Å². The Morgan fingerprint density at radius 3 is 2.37 bits per heavy atom. The van der Waals surface area contributed by atoms with Crippen LogP contribution in [0.15, 0.2) is 12.1 Å². The first-order chi connectivity index (χ1) is 12.5. The first-order valence-corrected chi connectivity index (χ1v) is 10.5. The summed E-state index contributed by atoms with van der Waals surface area (Å²) in [6, 6.07) is 4.23. The van der Waals surface area contributed by atoms with Crippen LogP contribution in [0.2, 0.25) is 0 Å². The average molecular weight is 375 g/mol. The summed E-state index contributed by atoms with van der Waals surface area (Å²) in [6.45, 7) is 11.5. The molecule has 3 nitrogen and oxygen atoms in total. The third-order valence-corrected chi connectivity index (χ3v) is 7.89. The van der Waals surface area contributed by atoms with Gasteiger partial charge in [-0.1, -0.05) is 33.3 Å². The van der Waals surface area contributed by atoms with Crippen LogP contribution in [0.4, 0.5) is 0 Å². The molecule has 0 saturated heterocycles. The molecule has 2 fully saturated rings. The first kappa shape index (κ1) is 20.5. The number of ether oxygens (including phenoxy) is 2. The second-order valence-electron chi connectivity index (χ2n) is 10.2. The van der Waals surface area contributed by atoms with E-state index in [9.17, 15) is 5.11 Å². The van der Waals surface area contributed by atoms with Crippen molar-refractivity contribution < 1.29 is 14.6 Å². The maximum Gasteiger partial charge on any atom is 0.163 e. The molecular formula is C24H38O3. The lowest BCUT2D eigenvalue weighted by Crippen LogP contribution is -2.58. The van der Waals surface area contributed by atoms with Gasteiger partial charge < -0.3 is 14.6 Å². The molecule has 0 spiro atoms. The Kier molecular flexibility index (Phi) is 5.31. The Balaban J connectivity index is 2.05. The zero-order valence-electron chi connectivity index (χ0n) is 18.3. The Bertz CT molecular complexity index is 691. The standard InChI is InChI=1S/C24H38O3/c1-16-13-17(21(27-7)18(14-16)26-6)15-20-23(4)11-8-10-22(2,3)19(23)9-12-24(20,5)25/h13-14,19-20,25H,8-12,15H2,1-7H3/t19?,20-,23+,24-/m1/s1. The molecule has 1 aromatic carbocycles. The minimum absolute atomic E-state index is 0.144. The van der Waals surface area contributed by atoms with E-state index in [0.717, 1.165) is 36.3 Å². The monoisotopic (exact) mass is 374 g/mol. The molecule has 0 aliphatic heterocycles. The van der Waals surface area contributed by atoms with Gasteiger partial charge in [-0.05, 0) is 85.8 Å². The Labute approximate surface area is 165 Å². The lowest BCUT2D eigenvalue weighted by atomic mass is 9.45. The van der Waals surface area contributed by atoms with Crippen molar-refractivity contribution in [3.05, 3.63) is 23.3 Å². The lowest BCUT2D eigenvalue weighted by Gasteiger charge is -2.61. The molecule has 3 rings (SSSR count). The van der Waals surface area contributed by atoms with Gasteiger partial charge >= 0.3 is 0 Å². The van der Waals surface area contributed by atoms with Gasteiger partial charge in [0.2, 0.25) is 0 Å². The molecule has 27 heavy (non-hydrogen) atoms. The van der Waals surface area contributed by atoms with Crippen LogP contribution in [0, 0.1) is 29.6 Å². The Morgan fingerprint density at radius 2 is 1.74 bits per heavy atom. The molecule has 0 radical (unpaired) electrons. The smallest absolute Gasteiger partial charge is 0.163 e. The van der Waals surface area contributed by atoms with Gasteiger partial charge in [-0.15, -0.1) is 0 Å². The van der Waals surface area contributed by atoms with Crippen LogP contribution in [0.3, 0.4) is 0 Å². The lowest BCUT2D eigenvalue weighted by molar-refractivity contribution is -0.166. The van der Waals surface area contributed by atoms with Crippen molar-refractivity contribution in [1.29, 1.82) is 0 Å². The number of fused-ring (bicyclic) bond motifs is 1. The van der Waals surface area contributed by atoms with Crippen molar-refractivity contribution in [2.24, 2.45) is 22.7 Å². The van der Waals surface area contributed by atoms with Gasteiger partial charge in [0.25, 0.3) is 0 Å². The van der Waals surface area contributed by atoms with Crippen molar-refractivity contribution in [2.75, 3.05) is 14.2 Å². The van der Waals surface area contributed by atoms with E-state index in [4.69, 9.17) is 9.47 Å². The van der Waals surface area contributed by atoms with Gasteiger partial charge in [0.15, 0.2) is 11.5 Å². The number of methoxy groups -OCH3 is 2. The number of hydrogen-bond donors (Lipinski definition) is 1. The summed E-state index contributed by atoms with van der Waals surface area (Å²) in [6.07, 6.45) is 6.59. The molecule has 152 valence electrons. The van der Waals surface area contributed by atoms with Crippen LogP contribution in [0.5, 0.6) is 11.5 Å². The fraction of sp³-hybridized carbons (Fsp3) is 0.750. The highest BCUT2D eigenvalue weighted by atomic mass is 16.5. The third-order valence-electron chi connectivity index (χ3n) is 7.89. The molecular weight excluding hydrogens is 336 g/mol. The predicted molar refractivity (Wildman–Crippen MR) is 111 cm³/mol. The van der Waals surface area contributed by atoms with Crippen molar-refractivity contribution in [3.8, 4) is 11.5 Å². The highest BCUT2D eigenvalue weighted by Crippen LogP contribution is 2.62. The number of hydrogen-bond acceptors (Lipinski definition) is 3. The molecule has 1 N–H and O–H groups in total. The predicted octanol–water partition coefficient (Wildman–Crippen LogP) is 5.55. The van der Waals surface area contributed by atoms with E-state index in [-0.39, 0.29) is 11.3 Å². The van der Waals surface area contributed by atoms with Crippen LogP contribution in [0.1, 0.15) is 70.9 Å². The second-order valence-corrected chi connectivity index (χ2v) is 10.2. The van der Waals surface area contributed by atoms with E-state index < -0.39 is 5.60 Å². The molecule has 2 aliphatic carbocycles. The van der Waals surface area contributed by atoms with Crippen LogP contribution in [-0.4, -0.2) is 24.9 Å². The molecule has 0 heterocycles. The minimum atomic E-state index is -0.652. The van der Waals surface area contributed by atoms with Crippen LogP contribution in [0.25, 0.3) is 0 Å². The average Bonchev–Trinajstić information content (AvgIpc) is 2.56. The normalized spacial score (nSPS) is 35.4. The first-order valence-electron chi connectivity index (χ1n) is 10.5. The summed E-state index contributed by atoms with van der Waals surface area (Å²) < 4.78 is 11.3. The molecule has 2 aliphatic rings. The van der Waals surface area contributed by atoms with Gasteiger partial charge in [0, 0.05) is 0 Å². The molecule has 0 aromatic heterocycles. The molecule has 2 saturated carbocycles. The largest absolute Gasteiger partial charge is 0.493 e. The van der Waals surface area contributed by atoms with Crippen LogP contribution >= 0.6 is 0 Å². The number of benzene rings is 1.